The number of methoxy groups -OCH3 is 1. The second kappa shape index (κ2) is 13.1. The molecular formula is C26H27I2N3O4. The van der Waals surface area contributed by atoms with Crippen LogP contribution in [0.25, 0.3) is 0 Å². The summed E-state index contributed by atoms with van der Waals surface area (Å²) < 4.78 is 7.67. The van der Waals surface area contributed by atoms with Crippen molar-refractivity contribution in [2.75, 3.05) is 50.6 Å². The Morgan fingerprint density at radius 1 is 0.857 bits per heavy atom. The first-order valence-corrected chi connectivity index (χ1v) is 13.1. The summed E-state index contributed by atoms with van der Waals surface area (Å²) in [6.07, 6.45) is 0. The van der Waals surface area contributed by atoms with Gasteiger partial charge in [0.2, 0.25) is 0 Å². The van der Waals surface area contributed by atoms with E-state index in [-0.39, 0.29) is 5.91 Å². The molecule has 1 amide bonds. The van der Waals surface area contributed by atoms with Crippen LogP contribution in [0.1, 0.15) is 20.7 Å². The van der Waals surface area contributed by atoms with Gasteiger partial charge in [0.15, 0.2) is 0 Å². The number of carboxylic acid groups (broad SMARTS) is 1. The van der Waals surface area contributed by atoms with Crippen LogP contribution in [0.15, 0.2) is 66.7 Å². The van der Waals surface area contributed by atoms with Crippen molar-refractivity contribution in [2.24, 2.45) is 0 Å². The summed E-state index contributed by atoms with van der Waals surface area (Å²) in [5.74, 6) is -0.154. The molecule has 1 fully saturated rings. The third-order valence-corrected chi connectivity index (χ3v) is 6.92. The van der Waals surface area contributed by atoms with Crippen molar-refractivity contribution >= 4 is 68.4 Å². The highest BCUT2D eigenvalue weighted by atomic mass is 127. The van der Waals surface area contributed by atoms with Gasteiger partial charge < -0.3 is 25.0 Å². The van der Waals surface area contributed by atoms with E-state index in [0.717, 1.165) is 50.4 Å². The minimum atomic E-state index is -0.878. The van der Waals surface area contributed by atoms with Crippen molar-refractivity contribution in [1.82, 2.24) is 4.90 Å². The molecule has 184 valence electrons. The van der Waals surface area contributed by atoms with E-state index in [9.17, 15) is 9.59 Å². The molecule has 4 rings (SSSR count). The second-order valence-corrected chi connectivity index (χ2v) is 10.4. The minimum absolute atomic E-state index is 0.106. The first kappa shape index (κ1) is 27.2. The van der Waals surface area contributed by atoms with Gasteiger partial charge in [0.05, 0.1) is 18.4 Å². The van der Waals surface area contributed by atoms with E-state index in [1.807, 2.05) is 42.5 Å². The number of carbonyl (C=O) groups is 2. The molecule has 1 saturated heterocycles. The molecule has 0 aromatic heterocycles. The van der Waals surface area contributed by atoms with Gasteiger partial charge in [-0.05, 0) is 119 Å². The molecule has 0 atom stereocenters. The summed E-state index contributed by atoms with van der Waals surface area (Å²) in [5.41, 5.74) is 2.78. The van der Waals surface area contributed by atoms with E-state index in [4.69, 9.17) is 9.84 Å². The van der Waals surface area contributed by atoms with Crippen LogP contribution in [0.3, 0.4) is 0 Å². The molecule has 0 unspecified atom stereocenters. The Kier molecular flexibility index (Phi) is 10.2. The van der Waals surface area contributed by atoms with Gasteiger partial charge in [0.1, 0.15) is 5.75 Å². The predicted molar refractivity (Wildman–Crippen MR) is 156 cm³/mol. The number of nitrogens with one attached hydrogen (secondary N) is 1. The lowest BCUT2D eigenvalue weighted by Gasteiger charge is -2.34. The first-order valence-electron chi connectivity index (χ1n) is 10.9. The zero-order valence-corrected chi connectivity index (χ0v) is 23.8. The van der Waals surface area contributed by atoms with E-state index in [2.05, 4.69) is 67.3 Å². The first-order chi connectivity index (χ1) is 16.8. The monoisotopic (exact) mass is 699 g/mol. The van der Waals surface area contributed by atoms with Gasteiger partial charge in [-0.15, -0.1) is 0 Å². The maximum Gasteiger partial charge on any atom is 0.335 e. The number of hydrogen-bond donors (Lipinski definition) is 2. The zero-order valence-electron chi connectivity index (χ0n) is 19.5. The van der Waals surface area contributed by atoms with Crippen LogP contribution in [0.2, 0.25) is 0 Å². The van der Waals surface area contributed by atoms with Crippen LogP contribution in [-0.4, -0.2) is 62.2 Å². The fourth-order valence-electron chi connectivity index (χ4n) is 3.46. The number of carboxylic acids is 1. The average molecular weight is 699 g/mol. The average Bonchev–Trinajstić information content (AvgIpc) is 2.85. The number of aromatic carboxylic acids is 1. The topological polar surface area (TPSA) is 82.1 Å². The molecule has 9 heteroatoms. The molecule has 2 N–H and O–H groups in total. The van der Waals surface area contributed by atoms with Crippen molar-refractivity contribution in [3.8, 4) is 5.75 Å². The fourth-order valence-corrected chi connectivity index (χ4v) is 4.18. The van der Waals surface area contributed by atoms with Gasteiger partial charge in [-0.25, -0.2) is 4.79 Å². The second-order valence-electron chi connectivity index (χ2n) is 7.95. The Morgan fingerprint density at radius 3 is 1.91 bits per heavy atom. The Morgan fingerprint density at radius 2 is 1.40 bits per heavy atom. The number of hydrogen-bond acceptors (Lipinski definition) is 5. The molecule has 0 radical (unpaired) electrons. The largest absolute Gasteiger partial charge is 0.495 e. The number of halogens is 2. The lowest BCUT2D eigenvalue weighted by molar-refractivity contribution is 0.0696. The van der Waals surface area contributed by atoms with E-state index in [1.165, 1.54) is 0 Å². The summed E-state index contributed by atoms with van der Waals surface area (Å²) in [6.45, 7) is 3.92. The molecule has 0 aliphatic carbocycles. The van der Waals surface area contributed by atoms with Gasteiger partial charge in [0.25, 0.3) is 5.91 Å². The van der Waals surface area contributed by atoms with E-state index in [0.29, 0.717) is 11.1 Å². The SMILES string of the molecule is COc1ccc(NC(=O)c2ccc(I)cc2)cc1N1CCN(C)CC1.O=C(O)c1ccc(I)cc1. The summed E-state index contributed by atoms with van der Waals surface area (Å²) in [6, 6.07) is 20.0. The van der Waals surface area contributed by atoms with E-state index in [1.54, 1.807) is 31.4 Å². The number of piperazine rings is 1. The van der Waals surface area contributed by atoms with Crippen molar-refractivity contribution in [3.05, 3.63) is 85.0 Å². The molecule has 0 saturated carbocycles. The van der Waals surface area contributed by atoms with Gasteiger partial charge >= 0.3 is 5.97 Å². The minimum Gasteiger partial charge on any atom is -0.495 e. The smallest absolute Gasteiger partial charge is 0.335 e. The van der Waals surface area contributed by atoms with Crippen LogP contribution in [0, 0.1) is 7.14 Å². The van der Waals surface area contributed by atoms with Crippen molar-refractivity contribution in [3.63, 3.8) is 0 Å². The lowest BCUT2D eigenvalue weighted by Crippen LogP contribution is -2.44. The lowest BCUT2D eigenvalue weighted by atomic mass is 10.2. The number of benzene rings is 3. The van der Waals surface area contributed by atoms with Gasteiger partial charge in [-0.2, -0.15) is 0 Å². The molecule has 3 aromatic rings. The highest BCUT2D eigenvalue weighted by Gasteiger charge is 2.18. The number of anilines is 2. The van der Waals surface area contributed by atoms with Crippen molar-refractivity contribution in [1.29, 1.82) is 0 Å². The molecule has 1 heterocycles. The van der Waals surface area contributed by atoms with Crippen LogP contribution in [0.4, 0.5) is 11.4 Å². The van der Waals surface area contributed by atoms with Gasteiger partial charge in [-0.3, -0.25) is 4.79 Å². The number of rotatable bonds is 5. The standard InChI is InChI=1S/C19H22IN3O2.C7H5IO2/c1-22-9-11-23(12-10-22)17-13-16(7-8-18(17)25-2)21-19(24)14-3-5-15(20)6-4-14;8-6-3-1-5(2-4-6)7(9)10/h3-8,13H,9-12H2,1-2H3,(H,21,24);1-4H,(H,9,10). The van der Waals surface area contributed by atoms with Crippen LogP contribution in [0.5, 0.6) is 5.75 Å². The Balaban J connectivity index is 0.000000287. The van der Waals surface area contributed by atoms with Crippen LogP contribution < -0.4 is 15.0 Å². The molecular weight excluding hydrogens is 672 g/mol. The molecule has 3 aromatic carbocycles. The molecule has 0 bridgehead atoms. The maximum absolute atomic E-state index is 12.4. The van der Waals surface area contributed by atoms with Crippen LogP contribution in [-0.2, 0) is 0 Å². The van der Waals surface area contributed by atoms with E-state index >= 15 is 0 Å². The summed E-state index contributed by atoms with van der Waals surface area (Å²) in [4.78, 5) is 27.4. The van der Waals surface area contributed by atoms with Crippen molar-refractivity contribution < 1.29 is 19.4 Å². The molecule has 7 nitrogen and oxygen atoms in total. The fraction of sp³-hybridized carbons (Fsp3) is 0.231. The van der Waals surface area contributed by atoms with Gasteiger partial charge in [0, 0.05) is 44.6 Å². The third-order valence-electron chi connectivity index (χ3n) is 5.48. The normalized spacial score (nSPS) is 13.4. The number of ether oxygens (including phenoxy) is 1. The summed E-state index contributed by atoms with van der Waals surface area (Å²) >= 11 is 4.35. The Labute approximate surface area is 232 Å². The molecule has 0 spiro atoms. The highest BCUT2D eigenvalue weighted by molar-refractivity contribution is 14.1. The summed E-state index contributed by atoms with van der Waals surface area (Å²) in [5, 5.41) is 11.5. The highest BCUT2D eigenvalue weighted by Crippen LogP contribution is 2.32. The third kappa shape index (κ3) is 8.07. The zero-order chi connectivity index (χ0) is 25.4. The quantitative estimate of drug-likeness (QED) is 0.353. The number of carbonyl (C=O) groups excluding carboxylic acids is 1. The molecule has 1 aliphatic rings. The summed E-state index contributed by atoms with van der Waals surface area (Å²) in [7, 11) is 3.81. The van der Waals surface area contributed by atoms with E-state index < -0.39 is 5.97 Å². The van der Waals surface area contributed by atoms with Gasteiger partial charge in [-0.1, -0.05) is 0 Å². The number of likely N-dealkylation sites (N-methyl/N-ethyl adjacent to an activating group) is 1. The molecule has 35 heavy (non-hydrogen) atoms. The molecule has 1 aliphatic heterocycles. The number of nitrogens with zero attached hydrogens (tertiary/aromatic N) is 2. The Bertz CT molecular complexity index is 1150. The maximum atomic E-state index is 12.4. The van der Waals surface area contributed by atoms with Crippen molar-refractivity contribution in [2.45, 2.75) is 0 Å². The predicted octanol–water partition coefficient (Wildman–Crippen LogP) is 5.29. The Hall–Kier alpha value is -2.38. The van der Waals surface area contributed by atoms with Crippen LogP contribution >= 0.6 is 45.2 Å². The number of amides is 1.